The second kappa shape index (κ2) is 22.1. The fourth-order valence-electron chi connectivity index (χ4n) is 14.0. The maximum atomic E-state index is 15.4. The minimum absolute atomic E-state index is 0.00965. The number of esters is 2. The van der Waals surface area contributed by atoms with Gasteiger partial charge in [-0.15, -0.1) is 0 Å². The summed E-state index contributed by atoms with van der Waals surface area (Å²) >= 11 is 0. The SMILES string of the molecule is COC(=O)N[C@@H]1[C@@H](C)O[C@@H](O[C@@H]2C/C=C(\C)[C@@H]3C=C[C@@H]4[C@@H](O[C@H]5C[C@H](O[C@@H]6CC[C@H](O)[C@@H](C)O6)[C@H](OC(C)=O)[C@@H](C)O5)[C@H](C)C[C@H](C)[C@@H]4[C@@]3(C)C(O)=C3C(=O)O[C@]4(CC(C=O)=C[C@H](O)[C@@H]4C=C2C)C3=O)C[C@]1(C)[N+](=O)[O-]. The first-order chi connectivity index (χ1) is 35.8. The van der Waals surface area contributed by atoms with E-state index in [4.69, 9.17) is 42.6 Å². The van der Waals surface area contributed by atoms with E-state index in [1.165, 1.54) is 19.9 Å². The topological polar surface area (TPSA) is 284 Å². The molecule has 1 saturated carbocycles. The number of fused-ring (bicyclic) bond motifs is 4. The lowest BCUT2D eigenvalue weighted by molar-refractivity contribution is -0.584. The summed E-state index contributed by atoms with van der Waals surface area (Å²) in [5, 5.41) is 50.6. The predicted molar refractivity (Wildman–Crippen MR) is 267 cm³/mol. The van der Waals surface area contributed by atoms with Gasteiger partial charge in [0.05, 0.1) is 62.2 Å². The van der Waals surface area contributed by atoms with Crippen molar-refractivity contribution in [1.82, 2.24) is 5.32 Å². The van der Waals surface area contributed by atoms with Crippen LogP contribution < -0.4 is 5.32 Å². The summed E-state index contributed by atoms with van der Waals surface area (Å²) in [5.74, 6) is -6.19. The summed E-state index contributed by atoms with van der Waals surface area (Å²) in [5.41, 5.74) is -4.78. The van der Waals surface area contributed by atoms with Gasteiger partial charge >= 0.3 is 18.0 Å². The average molecular weight is 1070 g/mol. The highest BCUT2D eigenvalue weighted by Gasteiger charge is 2.65. The molecule has 2 bridgehead atoms. The molecule has 22 atom stereocenters. The van der Waals surface area contributed by atoms with Crippen LogP contribution >= 0.6 is 0 Å². The van der Waals surface area contributed by atoms with E-state index in [0.717, 1.165) is 12.7 Å². The van der Waals surface area contributed by atoms with Crippen molar-refractivity contribution in [3.63, 3.8) is 0 Å². The van der Waals surface area contributed by atoms with Crippen LogP contribution in [0.1, 0.15) is 114 Å². The number of aldehydes is 1. The number of rotatable bonds is 10. The molecule has 21 heteroatoms. The number of aliphatic hydroxyl groups excluding tert-OH is 3. The number of alkyl carbamates (subject to hydrolysis) is 1. The van der Waals surface area contributed by atoms with Crippen LogP contribution in [0.2, 0.25) is 0 Å². The zero-order chi connectivity index (χ0) is 55.5. The standard InChI is InChI=1S/C55H76N2O19/c1-25-12-16-39(73-43-23-53(9,57(66)67)48(31(7)71-43)56-52(65)68-11)26(2)19-36-38(61)20-33(24-58)22-55(36)50(63)44(51(64)76-55)49(62)54(10)35(25)14-13-34-45(54)27(3)18-28(4)46(34)75-42-21-40(47(30(6)70-42)72-32(8)59)74-41-17-15-37(60)29(5)69-41/h12-14,19-20,24,27-31,34-43,45-48,60-62H,15-18,21-23H2,1-11H3,(H,56,65)/b25-12+,26-19?,49-44?/t27-,28+,29+,30+,31+,34-,35-,36-,37-,38-,39+,40-,41+,42-,43-,45-,46-,47+,48+,53-,54-,55-/m0/s1. The van der Waals surface area contributed by atoms with E-state index in [1.807, 2.05) is 26.0 Å². The van der Waals surface area contributed by atoms with Gasteiger partial charge in [0.25, 0.3) is 0 Å². The van der Waals surface area contributed by atoms with Crippen LogP contribution in [0.4, 0.5) is 4.79 Å². The van der Waals surface area contributed by atoms with Crippen molar-refractivity contribution in [2.45, 2.75) is 205 Å². The van der Waals surface area contributed by atoms with Crippen molar-refractivity contribution < 1.29 is 86.8 Å². The highest BCUT2D eigenvalue weighted by atomic mass is 16.7. The third-order valence-electron chi connectivity index (χ3n) is 17.9. The van der Waals surface area contributed by atoms with Crippen molar-refractivity contribution in [1.29, 1.82) is 0 Å². The molecule has 8 rings (SSSR count). The summed E-state index contributed by atoms with van der Waals surface area (Å²) < 4.78 is 55.6. The van der Waals surface area contributed by atoms with E-state index in [-0.39, 0.29) is 36.7 Å². The smallest absolute Gasteiger partial charge is 0.407 e. The lowest BCUT2D eigenvalue weighted by Gasteiger charge is -2.56. The number of carbonyl (C=O) groups is 5. The number of carbonyl (C=O) groups excluding carboxylic acids is 5. The van der Waals surface area contributed by atoms with Crippen molar-refractivity contribution >= 4 is 30.1 Å². The lowest BCUT2D eigenvalue weighted by Crippen LogP contribution is -2.65. The Kier molecular flexibility index (Phi) is 16.7. The molecule has 4 saturated heterocycles. The van der Waals surface area contributed by atoms with E-state index in [0.29, 0.717) is 31.1 Å². The van der Waals surface area contributed by atoms with Gasteiger partial charge < -0.3 is 63.3 Å². The molecule has 4 aliphatic carbocycles. The first kappa shape index (κ1) is 57.3. The average Bonchev–Trinajstić information content (AvgIpc) is 3.75. The number of amides is 1. The number of nitrogens with zero attached hydrogens (tertiary/aromatic N) is 1. The number of ketones is 1. The molecule has 0 aromatic heterocycles. The Labute approximate surface area is 442 Å². The predicted octanol–water partition coefficient (Wildman–Crippen LogP) is 5.57. The van der Waals surface area contributed by atoms with Gasteiger partial charge in [-0.1, -0.05) is 50.6 Å². The summed E-state index contributed by atoms with van der Waals surface area (Å²) in [4.78, 5) is 79.5. The number of Topliss-reactive ketones (excluding diaryl/α,β-unsaturated/α-hetero) is 1. The molecule has 0 aromatic rings. The van der Waals surface area contributed by atoms with E-state index in [1.54, 1.807) is 33.8 Å². The van der Waals surface area contributed by atoms with Crippen LogP contribution in [0.25, 0.3) is 0 Å². The number of aliphatic hydroxyl groups is 3. The first-order valence-corrected chi connectivity index (χ1v) is 26.6. The molecular weight excluding hydrogens is 993 g/mol. The molecule has 76 heavy (non-hydrogen) atoms. The van der Waals surface area contributed by atoms with Gasteiger partial charge in [0, 0.05) is 55.3 Å². The summed E-state index contributed by atoms with van der Waals surface area (Å²) in [6.45, 7) is 17.4. The van der Waals surface area contributed by atoms with E-state index < -0.39 is 167 Å². The van der Waals surface area contributed by atoms with E-state index >= 15 is 4.79 Å². The van der Waals surface area contributed by atoms with Crippen molar-refractivity contribution in [2.24, 2.45) is 40.9 Å². The maximum absolute atomic E-state index is 15.4. The number of nitro groups is 1. The van der Waals surface area contributed by atoms with Gasteiger partial charge in [-0.3, -0.25) is 24.5 Å². The van der Waals surface area contributed by atoms with E-state index in [9.17, 15) is 44.6 Å². The molecule has 4 N–H and O–H groups in total. The summed E-state index contributed by atoms with van der Waals surface area (Å²) in [6.07, 6.45) is -0.569. The van der Waals surface area contributed by atoms with Gasteiger partial charge in [-0.05, 0) is 88.9 Å². The maximum Gasteiger partial charge on any atom is 0.407 e. The molecule has 0 aromatic carbocycles. The number of hydrogen-bond donors (Lipinski definition) is 4. The van der Waals surface area contributed by atoms with Crippen LogP contribution in [-0.4, -0.2) is 148 Å². The largest absolute Gasteiger partial charge is 0.511 e. The quantitative estimate of drug-likeness (QED) is 0.0396. The van der Waals surface area contributed by atoms with Gasteiger partial charge in [-0.25, -0.2) is 9.59 Å². The number of hydrogen-bond acceptors (Lipinski definition) is 19. The molecule has 21 nitrogen and oxygen atoms in total. The highest BCUT2D eigenvalue weighted by Crippen LogP contribution is 2.61. The zero-order valence-corrected chi connectivity index (χ0v) is 45.2. The van der Waals surface area contributed by atoms with Gasteiger partial charge in [0.15, 0.2) is 30.6 Å². The second-order valence-electron chi connectivity index (χ2n) is 23.0. The third kappa shape index (κ3) is 10.5. The third-order valence-corrected chi connectivity index (χ3v) is 17.9. The monoisotopic (exact) mass is 1070 g/mol. The van der Waals surface area contributed by atoms with Crippen LogP contribution in [0, 0.1) is 51.0 Å². The number of methoxy groups -OCH3 is 1. The lowest BCUT2D eigenvalue weighted by atomic mass is 9.49. The molecule has 5 fully saturated rings. The summed E-state index contributed by atoms with van der Waals surface area (Å²) in [6, 6.07) is -1.11. The molecule has 1 spiro atoms. The molecule has 420 valence electrons. The van der Waals surface area contributed by atoms with Gasteiger partial charge in [-0.2, -0.15) is 0 Å². The Hall–Kier alpha value is -4.87. The Bertz CT molecular complexity index is 2450. The Balaban J connectivity index is 1.19. The minimum atomic E-state index is -2.17. The minimum Gasteiger partial charge on any atom is -0.511 e. The molecule has 4 aliphatic heterocycles. The first-order valence-electron chi connectivity index (χ1n) is 26.6. The van der Waals surface area contributed by atoms with Crippen molar-refractivity contribution in [3.8, 4) is 0 Å². The van der Waals surface area contributed by atoms with Crippen molar-refractivity contribution in [2.75, 3.05) is 7.11 Å². The molecule has 4 heterocycles. The van der Waals surface area contributed by atoms with Gasteiger partial charge in [0.1, 0.15) is 29.8 Å². The molecular formula is C55H76N2O19. The van der Waals surface area contributed by atoms with Crippen molar-refractivity contribution in [3.05, 3.63) is 68.5 Å². The van der Waals surface area contributed by atoms with E-state index in [2.05, 4.69) is 25.2 Å². The molecule has 1 amide bonds. The summed E-state index contributed by atoms with van der Waals surface area (Å²) in [7, 11) is 1.15. The van der Waals surface area contributed by atoms with Gasteiger partial charge in [0.2, 0.25) is 11.3 Å². The Morgan fingerprint density at radius 3 is 2.24 bits per heavy atom. The number of nitrogens with one attached hydrogen (secondary N) is 1. The normalized spacial score (nSPS) is 45.3. The number of allylic oxidation sites excluding steroid dienone is 3. The number of ether oxygens (including phenoxy) is 9. The molecule has 0 radical (unpaired) electrons. The molecule has 8 aliphatic rings. The Morgan fingerprint density at radius 1 is 0.882 bits per heavy atom. The fourth-order valence-corrected chi connectivity index (χ4v) is 14.0. The molecule has 0 unspecified atom stereocenters. The van der Waals surface area contributed by atoms with Crippen LogP contribution in [0.15, 0.2) is 58.4 Å². The fraction of sp³-hybridized carbons (Fsp3) is 0.727. The second-order valence-corrected chi connectivity index (χ2v) is 23.0. The van der Waals surface area contributed by atoms with Crippen LogP contribution in [0.5, 0.6) is 0 Å². The van der Waals surface area contributed by atoms with Crippen LogP contribution in [-0.2, 0) is 61.8 Å². The Morgan fingerprint density at radius 2 is 1.58 bits per heavy atom. The highest BCUT2D eigenvalue weighted by molar-refractivity contribution is 6.26. The zero-order valence-electron chi connectivity index (χ0n) is 45.2. The van der Waals surface area contributed by atoms with Crippen LogP contribution in [0.3, 0.4) is 0 Å².